The van der Waals surface area contributed by atoms with E-state index in [0.717, 1.165) is 35.1 Å². The number of nitrogens with zero attached hydrogens (tertiary/aromatic N) is 2. The fourth-order valence-electron chi connectivity index (χ4n) is 5.80. The Morgan fingerprint density at radius 1 is 1.00 bits per heavy atom. The predicted octanol–water partition coefficient (Wildman–Crippen LogP) is 5.89. The average Bonchev–Trinajstić information content (AvgIpc) is 3.66. The van der Waals surface area contributed by atoms with Crippen LogP contribution >= 0.6 is 0 Å². The molecule has 1 heterocycles. The maximum atomic E-state index is 13.7. The average molecular weight is 535 g/mol. The second-order valence-corrected chi connectivity index (χ2v) is 12.1. The van der Waals surface area contributed by atoms with Crippen LogP contribution in [0.2, 0.25) is 0 Å². The summed E-state index contributed by atoms with van der Waals surface area (Å²) in [5.74, 6) is -0.985. The van der Waals surface area contributed by atoms with E-state index in [1.807, 2.05) is 45.0 Å². The maximum absolute atomic E-state index is 13.7. The normalized spacial score (nSPS) is 19.9. The summed E-state index contributed by atoms with van der Waals surface area (Å²) in [4.78, 5) is 42.0. The second kappa shape index (κ2) is 10.5. The van der Waals surface area contributed by atoms with Crippen molar-refractivity contribution < 1.29 is 29.0 Å². The Kier molecular flexibility index (Phi) is 7.31. The number of likely N-dealkylation sites (tertiary alicyclic amines) is 1. The molecule has 1 atom stereocenters. The Hall–Kier alpha value is -3.55. The van der Waals surface area contributed by atoms with Crippen molar-refractivity contribution in [1.82, 2.24) is 9.80 Å². The number of carbonyl (C=O) groups is 3. The minimum Gasteiger partial charge on any atom is -0.481 e. The van der Waals surface area contributed by atoms with Gasteiger partial charge in [0.05, 0.1) is 11.5 Å². The topological polar surface area (TPSA) is 96.4 Å². The van der Waals surface area contributed by atoms with E-state index in [4.69, 9.17) is 9.47 Å². The van der Waals surface area contributed by atoms with Gasteiger partial charge in [-0.3, -0.25) is 4.79 Å². The Morgan fingerprint density at radius 3 is 2.18 bits per heavy atom. The first-order valence-electron chi connectivity index (χ1n) is 13.9. The lowest BCUT2D eigenvalue weighted by Gasteiger charge is -2.35. The highest BCUT2D eigenvalue weighted by Gasteiger charge is 2.53. The molecule has 39 heavy (non-hydrogen) atoms. The van der Waals surface area contributed by atoms with Crippen molar-refractivity contribution >= 4 is 18.2 Å². The zero-order chi connectivity index (χ0) is 27.8. The lowest BCUT2D eigenvalue weighted by atomic mass is 9.98. The summed E-state index contributed by atoms with van der Waals surface area (Å²) in [5, 5.41) is 9.91. The van der Waals surface area contributed by atoms with Gasteiger partial charge in [0.25, 0.3) is 0 Å². The lowest BCUT2D eigenvalue weighted by Crippen LogP contribution is -2.51. The van der Waals surface area contributed by atoms with Crippen molar-refractivity contribution in [3.63, 3.8) is 0 Å². The Bertz CT molecular complexity index is 1200. The van der Waals surface area contributed by atoms with Crippen LogP contribution in [0.1, 0.15) is 69.9 Å². The highest BCUT2D eigenvalue weighted by atomic mass is 16.6. The zero-order valence-corrected chi connectivity index (χ0v) is 23.0. The van der Waals surface area contributed by atoms with E-state index in [9.17, 15) is 19.5 Å². The van der Waals surface area contributed by atoms with E-state index < -0.39 is 29.2 Å². The third kappa shape index (κ3) is 5.75. The largest absolute Gasteiger partial charge is 0.481 e. The molecule has 5 rings (SSSR count). The summed E-state index contributed by atoms with van der Waals surface area (Å²) in [5.41, 5.74) is 2.94. The molecule has 2 fully saturated rings. The van der Waals surface area contributed by atoms with Crippen LogP contribution in [0.15, 0.2) is 48.5 Å². The van der Waals surface area contributed by atoms with Gasteiger partial charge in [-0.25, -0.2) is 9.59 Å². The van der Waals surface area contributed by atoms with Crippen LogP contribution in [-0.2, 0) is 14.3 Å². The first-order chi connectivity index (χ1) is 18.6. The van der Waals surface area contributed by atoms with Gasteiger partial charge in [0.1, 0.15) is 12.2 Å². The molecule has 1 N–H and O–H groups in total. The van der Waals surface area contributed by atoms with E-state index in [1.165, 1.54) is 0 Å². The number of carboxylic acid groups (broad SMARTS) is 1. The highest BCUT2D eigenvalue weighted by Crippen LogP contribution is 2.48. The molecule has 1 unspecified atom stereocenters. The van der Waals surface area contributed by atoms with Crippen molar-refractivity contribution in [2.45, 2.75) is 70.4 Å². The fraction of sp³-hybridized carbons (Fsp3) is 0.516. The van der Waals surface area contributed by atoms with Crippen LogP contribution in [0.4, 0.5) is 9.59 Å². The molecule has 2 aliphatic carbocycles. The van der Waals surface area contributed by atoms with Gasteiger partial charge >= 0.3 is 18.2 Å². The number of rotatable bonds is 6. The minimum atomic E-state index is -0.950. The first-order valence-corrected chi connectivity index (χ1v) is 13.9. The smallest absolute Gasteiger partial charge is 0.410 e. The molecule has 0 bridgehead atoms. The van der Waals surface area contributed by atoms with E-state index in [2.05, 4.69) is 24.3 Å². The molecule has 8 nitrogen and oxygen atoms in total. The summed E-state index contributed by atoms with van der Waals surface area (Å²) in [6, 6.07) is 16.0. The van der Waals surface area contributed by atoms with Gasteiger partial charge in [-0.1, -0.05) is 48.5 Å². The number of benzene rings is 2. The summed E-state index contributed by atoms with van der Waals surface area (Å²) in [6.45, 7) is 6.54. The zero-order valence-electron chi connectivity index (χ0n) is 23.0. The van der Waals surface area contributed by atoms with Gasteiger partial charge < -0.3 is 24.4 Å². The van der Waals surface area contributed by atoms with Gasteiger partial charge in [-0.05, 0) is 75.1 Å². The van der Waals surface area contributed by atoms with E-state index >= 15 is 0 Å². The number of fused-ring (bicyclic) bond motifs is 3. The van der Waals surface area contributed by atoms with Crippen LogP contribution in [0.5, 0.6) is 0 Å². The Labute approximate surface area is 229 Å². The molecule has 8 heteroatoms. The molecule has 1 saturated heterocycles. The van der Waals surface area contributed by atoms with Crippen molar-refractivity contribution in [3.8, 4) is 11.1 Å². The minimum absolute atomic E-state index is 0.0752. The van der Waals surface area contributed by atoms with Crippen LogP contribution in [0.25, 0.3) is 11.1 Å². The molecule has 3 aliphatic rings. The SMILES string of the molecule is CC(C)(C)OC(=O)N1CCCCC(N(CC2(C(=O)O)CC2)C(=O)OCC2c3ccccc3-c3ccccc32)C1. The molecular formula is C31H38N2O6. The van der Waals surface area contributed by atoms with Crippen molar-refractivity contribution in [1.29, 1.82) is 0 Å². The van der Waals surface area contributed by atoms with Crippen molar-refractivity contribution in [2.24, 2.45) is 5.41 Å². The van der Waals surface area contributed by atoms with Gasteiger partial charge in [-0.2, -0.15) is 0 Å². The molecule has 2 amide bonds. The van der Waals surface area contributed by atoms with Gasteiger partial charge in [0.2, 0.25) is 0 Å². The standard InChI is InChI=1S/C31H38N2O6/c1-30(2,3)39-28(36)32-17-9-8-10-21(18-32)33(20-31(15-16-31)27(34)35)29(37)38-19-26-24-13-6-4-11-22(24)23-12-5-7-14-25(23)26/h4-7,11-14,21,26H,8-10,15-20H2,1-3H3,(H,34,35). The number of amides is 2. The Balaban J connectivity index is 1.36. The molecule has 2 aromatic carbocycles. The number of carbonyl (C=O) groups excluding carboxylic acids is 2. The molecule has 2 aromatic rings. The molecule has 0 spiro atoms. The second-order valence-electron chi connectivity index (χ2n) is 12.1. The van der Waals surface area contributed by atoms with Crippen LogP contribution in [0, 0.1) is 5.41 Å². The summed E-state index contributed by atoms with van der Waals surface area (Å²) < 4.78 is 11.6. The van der Waals surface area contributed by atoms with Gasteiger partial charge in [0, 0.05) is 25.6 Å². The summed E-state index contributed by atoms with van der Waals surface area (Å²) in [7, 11) is 0. The Morgan fingerprint density at radius 2 is 1.62 bits per heavy atom. The summed E-state index contributed by atoms with van der Waals surface area (Å²) in [6.07, 6.45) is 2.38. The monoisotopic (exact) mass is 534 g/mol. The third-order valence-corrected chi connectivity index (χ3v) is 8.09. The van der Waals surface area contributed by atoms with E-state index in [0.29, 0.717) is 25.8 Å². The molecule has 208 valence electrons. The third-order valence-electron chi connectivity index (χ3n) is 8.09. The summed E-state index contributed by atoms with van der Waals surface area (Å²) >= 11 is 0. The number of aliphatic carboxylic acids is 1. The molecule has 1 aliphatic heterocycles. The van der Waals surface area contributed by atoms with Crippen LogP contribution in [0.3, 0.4) is 0 Å². The number of carboxylic acids is 1. The van der Waals surface area contributed by atoms with E-state index in [-0.39, 0.29) is 31.7 Å². The fourth-order valence-corrected chi connectivity index (χ4v) is 5.80. The van der Waals surface area contributed by atoms with Crippen molar-refractivity contribution in [3.05, 3.63) is 59.7 Å². The van der Waals surface area contributed by atoms with E-state index in [1.54, 1.807) is 9.80 Å². The number of ether oxygens (including phenoxy) is 2. The van der Waals surface area contributed by atoms with Gasteiger partial charge in [-0.15, -0.1) is 0 Å². The number of hydrogen-bond donors (Lipinski definition) is 1. The molecule has 1 saturated carbocycles. The predicted molar refractivity (Wildman–Crippen MR) is 147 cm³/mol. The quantitative estimate of drug-likeness (QED) is 0.496. The van der Waals surface area contributed by atoms with Crippen LogP contribution in [-0.4, -0.2) is 70.9 Å². The highest BCUT2D eigenvalue weighted by molar-refractivity contribution is 5.80. The van der Waals surface area contributed by atoms with Gasteiger partial charge in [0.15, 0.2) is 0 Å². The lowest BCUT2D eigenvalue weighted by molar-refractivity contribution is -0.144. The molecular weight excluding hydrogens is 496 g/mol. The number of hydrogen-bond acceptors (Lipinski definition) is 5. The van der Waals surface area contributed by atoms with Crippen LogP contribution < -0.4 is 0 Å². The first kappa shape index (κ1) is 27.0. The maximum Gasteiger partial charge on any atom is 0.410 e. The van der Waals surface area contributed by atoms with Crippen molar-refractivity contribution in [2.75, 3.05) is 26.2 Å². The molecule has 0 radical (unpaired) electrons. The molecule has 0 aromatic heterocycles.